The maximum absolute atomic E-state index is 10.3. The second kappa shape index (κ2) is 11.1. The molecular weight excluding hydrogens is 479 g/mol. The van der Waals surface area contributed by atoms with E-state index in [1.54, 1.807) is 13.2 Å². The van der Waals surface area contributed by atoms with E-state index < -0.39 is 0 Å². The number of phenols is 1. The molecule has 0 aliphatic carbocycles. The molecule has 0 atom stereocenters. The van der Waals surface area contributed by atoms with Gasteiger partial charge in [0.2, 0.25) is 0 Å². The SMILES string of the molecule is CCNC(=NCc1cccc(OC)c1O)N1CCN(c2cccc(C)c2)CC1.I. The third kappa shape index (κ3) is 5.91. The van der Waals surface area contributed by atoms with E-state index in [1.807, 2.05) is 12.1 Å². The molecular formula is C22H31IN4O2. The zero-order valence-corrected chi connectivity index (χ0v) is 19.7. The fraction of sp³-hybridized carbons (Fsp3) is 0.409. The van der Waals surface area contributed by atoms with Crippen LogP contribution in [0.25, 0.3) is 0 Å². The Labute approximate surface area is 190 Å². The number of benzene rings is 2. The number of nitrogens with zero attached hydrogens (tertiary/aromatic N) is 3. The number of phenolic OH excluding ortho intramolecular Hbond substituents is 1. The summed E-state index contributed by atoms with van der Waals surface area (Å²) in [5.74, 6) is 1.52. The number of aryl methyl sites for hydroxylation is 1. The largest absolute Gasteiger partial charge is 0.504 e. The smallest absolute Gasteiger partial charge is 0.194 e. The number of para-hydroxylation sites is 1. The maximum Gasteiger partial charge on any atom is 0.194 e. The summed E-state index contributed by atoms with van der Waals surface area (Å²) in [7, 11) is 1.56. The van der Waals surface area contributed by atoms with Crippen molar-refractivity contribution in [1.29, 1.82) is 0 Å². The minimum absolute atomic E-state index is 0. The van der Waals surface area contributed by atoms with Crippen LogP contribution in [0.1, 0.15) is 18.1 Å². The number of aromatic hydroxyl groups is 1. The number of hydrogen-bond donors (Lipinski definition) is 2. The Morgan fingerprint density at radius 3 is 2.52 bits per heavy atom. The molecule has 0 radical (unpaired) electrons. The van der Waals surface area contributed by atoms with Crippen molar-refractivity contribution >= 4 is 35.6 Å². The summed E-state index contributed by atoms with van der Waals surface area (Å²) in [5, 5.41) is 13.7. The van der Waals surface area contributed by atoms with Crippen molar-refractivity contribution < 1.29 is 9.84 Å². The number of hydrogen-bond acceptors (Lipinski definition) is 4. The molecule has 1 saturated heterocycles. The van der Waals surface area contributed by atoms with Gasteiger partial charge in [-0.1, -0.05) is 24.3 Å². The monoisotopic (exact) mass is 510 g/mol. The number of anilines is 1. The number of piperazine rings is 1. The first kappa shape index (κ1) is 23.1. The predicted octanol–water partition coefficient (Wildman–Crippen LogP) is 3.61. The number of halogens is 1. The summed E-state index contributed by atoms with van der Waals surface area (Å²) in [4.78, 5) is 9.46. The van der Waals surface area contributed by atoms with Gasteiger partial charge in [0.25, 0.3) is 0 Å². The maximum atomic E-state index is 10.3. The van der Waals surface area contributed by atoms with E-state index in [2.05, 4.69) is 53.2 Å². The highest BCUT2D eigenvalue weighted by atomic mass is 127. The minimum Gasteiger partial charge on any atom is -0.504 e. The standard InChI is InChI=1S/C22H30N4O2.HI/c1-4-23-22(24-16-18-8-6-10-20(28-3)21(18)27)26-13-11-25(12-14-26)19-9-5-7-17(2)15-19;/h5-10,15,27H,4,11-14,16H2,1-3H3,(H,23,24);1H. The average molecular weight is 510 g/mol. The molecule has 2 N–H and O–H groups in total. The van der Waals surface area contributed by atoms with Crippen molar-refractivity contribution in [1.82, 2.24) is 10.2 Å². The summed E-state index contributed by atoms with van der Waals surface area (Å²) in [6.07, 6.45) is 0. The molecule has 29 heavy (non-hydrogen) atoms. The first-order chi connectivity index (χ1) is 13.6. The van der Waals surface area contributed by atoms with Crippen molar-refractivity contribution in [2.24, 2.45) is 4.99 Å². The molecule has 7 heteroatoms. The molecule has 158 valence electrons. The highest BCUT2D eigenvalue weighted by Crippen LogP contribution is 2.29. The van der Waals surface area contributed by atoms with Crippen molar-refractivity contribution in [3.63, 3.8) is 0 Å². The molecule has 6 nitrogen and oxygen atoms in total. The van der Waals surface area contributed by atoms with E-state index in [4.69, 9.17) is 9.73 Å². The average Bonchev–Trinajstić information content (AvgIpc) is 2.72. The topological polar surface area (TPSA) is 60.3 Å². The summed E-state index contributed by atoms with van der Waals surface area (Å²) in [5.41, 5.74) is 3.32. The zero-order chi connectivity index (χ0) is 19.9. The fourth-order valence-electron chi connectivity index (χ4n) is 3.45. The van der Waals surface area contributed by atoms with E-state index in [1.165, 1.54) is 11.3 Å². The number of ether oxygens (including phenoxy) is 1. The van der Waals surface area contributed by atoms with Crippen LogP contribution in [-0.4, -0.2) is 55.8 Å². The van der Waals surface area contributed by atoms with Crippen molar-refractivity contribution in [2.75, 3.05) is 44.7 Å². The van der Waals surface area contributed by atoms with Crippen molar-refractivity contribution in [3.8, 4) is 11.5 Å². The Kier molecular flexibility index (Phi) is 8.88. The van der Waals surface area contributed by atoms with Crippen LogP contribution in [0, 0.1) is 6.92 Å². The lowest BCUT2D eigenvalue weighted by molar-refractivity contribution is 0.368. The summed E-state index contributed by atoms with van der Waals surface area (Å²) in [6.45, 7) is 9.14. The molecule has 1 fully saturated rings. The third-order valence-electron chi connectivity index (χ3n) is 4.98. The number of rotatable bonds is 5. The first-order valence-corrected chi connectivity index (χ1v) is 9.82. The van der Waals surface area contributed by atoms with Crippen LogP contribution in [-0.2, 0) is 6.54 Å². The fourth-order valence-corrected chi connectivity index (χ4v) is 3.45. The lowest BCUT2D eigenvalue weighted by Gasteiger charge is -2.37. The molecule has 1 heterocycles. The molecule has 0 aromatic heterocycles. The Bertz CT molecular complexity index is 820. The lowest BCUT2D eigenvalue weighted by atomic mass is 10.2. The second-order valence-corrected chi connectivity index (χ2v) is 6.95. The van der Waals surface area contributed by atoms with E-state index in [9.17, 15) is 5.11 Å². The van der Waals surface area contributed by atoms with Gasteiger partial charge in [-0.05, 0) is 37.6 Å². The van der Waals surface area contributed by atoms with Gasteiger partial charge in [0, 0.05) is 44.0 Å². The van der Waals surface area contributed by atoms with Gasteiger partial charge < -0.3 is 25.0 Å². The molecule has 1 aliphatic rings. The van der Waals surface area contributed by atoms with E-state index in [0.29, 0.717) is 12.3 Å². The highest BCUT2D eigenvalue weighted by molar-refractivity contribution is 14.0. The predicted molar refractivity (Wildman–Crippen MR) is 130 cm³/mol. The van der Waals surface area contributed by atoms with Crippen LogP contribution in [0.4, 0.5) is 5.69 Å². The Morgan fingerprint density at radius 1 is 1.14 bits per heavy atom. The van der Waals surface area contributed by atoms with Crippen molar-refractivity contribution in [3.05, 3.63) is 53.6 Å². The van der Waals surface area contributed by atoms with Crippen LogP contribution in [0.3, 0.4) is 0 Å². The van der Waals surface area contributed by atoms with Crippen LogP contribution in [0.5, 0.6) is 11.5 Å². The second-order valence-electron chi connectivity index (χ2n) is 6.95. The molecule has 0 spiro atoms. The summed E-state index contributed by atoms with van der Waals surface area (Å²) >= 11 is 0. The zero-order valence-electron chi connectivity index (χ0n) is 17.4. The van der Waals surface area contributed by atoms with Crippen LogP contribution in [0.2, 0.25) is 0 Å². The van der Waals surface area contributed by atoms with Crippen molar-refractivity contribution in [2.45, 2.75) is 20.4 Å². The lowest BCUT2D eigenvalue weighted by Crippen LogP contribution is -2.52. The number of methoxy groups -OCH3 is 1. The van der Waals surface area contributed by atoms with Gasteiger partial charge in [-0.15, -0.1) is 24.0 Å². The molecule has 0 amide bonds. The van der Waals surface area contributed by atoms with Crippen LogP contribution < -0.4 is 15.0 Å². The van der Waals surface area contributed by atoms with Gasteiger partial charge in [-0.2, -0.15) is 0 Å². The van der Waals surface area contributed by atoms with E-state index in [0.717, 1.165) is 44.2 Å². The van der Waals surface area contributed by atoms with E-state index in [-0.39, 0.29) is 29.7 Å². The van der Waals surface area contributed by atoms with Gasteiger partial charge in [-0.3, -0.25) is 0 Å². The number of guanidine groups is 1. The molecule has 0 saturated carbocycles. The van der Waals surface area contributed by atoms with Crippen LogP contribution in [0.15, 0.2) is 47.5 Å². The molecule has 0 bridgehead atoms. The molecule has 2 aromatic rings. The molecule has 1 aliphatic heterocycles. The highest BCUT2D eigenvalue weighted by Gasteiger charge is 2.20. The summed E-state index contributed by atoms with van der Waals surface area (Å²) < 4.78 is 5.19. The number of aliphatic imine (C=N–C) groups is 1. The summed E-state index contributed by atoms with van der Waals surface area (Å²) in [6, 6.07) is 14.1. The Hall–Kier alpha value is -2.16. The third-order valence-corrected chi connectivity index (χ3v) is 4.98. The Morgan fingerprint density at radius 2 is 1.86 bits per heavy atom. The Balaban J connectivity index is 0.00000300. The quantitative estimate of drug-likeness (QED) is 0.366. The van der Waals surface area contributed by atoms with Crippen LogP contribution >= 0.6 is 24.0 Å². The van der Waals surface area contributed by atoms with Gasteiger partial charge >= 0.3 is 0 Å². The van der Waals surface area contributed by atoms with Gasteiger partial charge in [0.1, 0.15) is 0 Å². The van der Waals surface area contributed by atoms with Gasteiger partial charge in [0.15, 0.2) is 17.5 Å². The molecule has 2 aromatic carbocycles. The first-order valence-electron chi connectivity index (χ1n) is 9.82. The van der Waals surface area contributed by atoms with E-state index >= 15 is 0 Å². The molecule has 3 rings (SSSR count). The number of nitrogens with one attached hydrogen (secondary N) is 1. The van der Waals surface area contributed by atoms with Gasteiger partial charge in [0.05, 0.1) is 13.7 Å². The minimum atomic E-state index is 0. The molecule has 0 unspecified atom stereocenters. The normalized spacial score (nSPS) is 14.4. The van der Waals surface area contributed by atoms with Gasteiger partial charge in [-0.25, -0.2) is 4.99 Å².